The number of imidazole rings is 1. The van der Waals surface area contributed by atoms with Crippen LogP contribution in [-0.2, 0) is 11.3 Å². The van der Waals surface area contributed by atoms with E-state index in [-0.39, 0.29) is 5.91 Å². The summed E-state index contributed by atoms with van der Waals surface area (Å²) in [7, 11) is 0. The highest BCUT2D eigenvalue weighted by molar-refractivity contribution is 6.01. The van der Waals surface area contributed by atoms with Gasteiger partial charge in [-0.1, -0.05) is 13.3 Å². The summed E-state index contributed by atoms with van der Waals surface area (Å²) in [6.45, 7) is 8.95. The standard InChI is InChI=1S/C27H33N5O2/c1-3-21-4-10-26(28-16-21)22-5-7-24(8-6-22)34-25-9-11-27-29-23(18-32(27)19-25)17-30-12-14-31(15-13-30)20(2)33/h5-9,11,18-19,21H,3-4,10,12-17H2,1-2H3. The number of hydrogen-bond donors (Lipinski definition) is 0. The third-order valence-electron chi connectivity index (χ3n) is 7.01. The maximum Gasteiger partial charge on any atom is 0.219 e. The van der Waals surface area contributed by atoms with Crippen LogP contribution in [0.15, 0.2) is 53.8 Å². The SMILES string of the molecule is CCC1CCC(c2ccc(Oc3ccc4nc(CN5CCN(C(C)=O)CC5)cn4c3)cc2)=NC1. The molecule has 2 aliphatic rings. The van der Waals surface area contributed by atoms with E-state index in [0.29, 0.717) is 0 Å². The largest absolute Gasteiger partial charge is 0.456 e. The lowest BCUT2D eigenvalue weighted by Gasteiger charge is -2.33. The van der Waals surface area contributed by atoms with Crippen molar-refractivity contribution in [2.24, 2.45) is 10.9 Å². The topological polar surface area (TPSA) is 62.4 Å². The number of piperazine rings is 1. The number of nitrogens with zero attached hydrogens (tertiary/aromatic N) is 5. The van der Waals surface area contributed by atoms with E-state index in [1.807, 2.05) is 39.8 Å². The Kier molecular flexibility index (Phi) is 6.63. The van der Waals surface area contributed by atoms with Crippen LogP contribution in [-0.4, -0.2) is 63.5 Å². The molecule has 0 radical (unpaired) electrons. The normalized spacial score (nSPS) is 19.3. The second kappa shape index (κ2) is 9.97. The Balaban J connectivity index is 1.21. The van der Waals surface area contributed by atoms with Crippen LogP contribution in [0.3, 0.4) is 0 Å². The molecule has 7 heteroatoms. The van der Waals surface area contributed by atoms with Gasteiger partial charge in [-0.2, -0.15) is 0 Å². The molecule has 178 valence electrons. The highest BCUT2D eigenvalue weighted by Crippen LogP contribution is 2.25. The van der Waals surface area contributed by atoms with Crippen molar-refractivity contribution in [3.05, 3.63) is 60.0 Å². The van der Waals surface area contributed by atoms with Crippen LogP contribution in [0.25, 0.3) is 5.65 Å². The molecule has 0 N–H and O–H groups in total. The van der Waals surface area contributed by atoms with Crippen LogP contribution in [0.5, 0.6) is 11.5 Å². The number of benzene rings is 1. The number of hydrogen-bond acceptors (Lipinski definition) is 5. The average molecular weight is 460 g/mol. The van der Waals surface area contributed by atoms with Gasteiger partial charge in [0.15, 0.2) is 0 Å². The van der Waals surface area contributed by atoms with E-state index in [1.54, 1.807) is 6.92 Å². The number of aromatic nitrogens is 2. The molecule has 2 aliphatic heterocycles. The Bertz CT molecular complexity index is 1180. The smallest absolute Gasteiger partial charge is 0.219 e. The molecule has 0 bridgehead atoms. The van der Waals surface area contributed by atoms with Gasteiger partial charge in [0.25, 0.3) is 0 Å². The molecule has 34 heavy (non-hydrogen) atoms. The molecule has 7 nitrogen and oxygen atoms in total. The van der Waals surface area contributed by atoms with E-state index in [0.717, 1.165) is 74.4 Å². The molecule has 0 aliphatic carbocycles. The molecule has 4 heterocycles. The number of carbonyl (C=O) groups is 1. The first-order valence-corrected chi connectivity index (χ1v) is 12.3. The minimum atomic E-state index is 0.155. The van der Waals surface area contributed by atoms with E-state index in [1.165, 1.54) is 24.1 Å². The molecule has 2 aromatic heterocycles. The molecular weight excluding hydrogens is 426 g/mol. The van der Waals surface area contributed by atoms with Crippen molar-refractivity contribution in [1.82, 2.24) is 19.2 Å². The highest BCUT2D eigenvalue weighted by atomic mass is 16.5. The first-order valence-electron chi connectivity index (χ1n) is 12.3. The van der Waals surface area contributed by atoms with Gasteiger partial charge in [-0.3, -0.25) is 14.7 Å². The lowest BCUT2D eigenvalue weighted by atomic mass is 9.93. The van der Waals surface area contributed by atoms with Gasteiger partial charge in [0.1, 0.15) is 17.1 Å². The summed E-state index contributed by atoms with van der Waals surface area (Å²) in [5.41, 5.74) is 4.34. The van der Waals surface area contributed by atoms with E-state index < -0.39 is 0 Å². The molecular formula is C27H33N5O2. The van der Waals surface area contributed by atoms with E-state index in [9.17, 15) is 4.79 Å². The lowest BCUT2D eigenvalue weighted by molar-refractivity contribution is -0.130. The maximum atomic E-state index is 11.5. The van der Waals surface area contributed by atoms with E-state index in [2.05, 4.69) is 30.2 Å². The van der Waals surface area contributed by atoms with Crippen LogP contribution in [0.2, 0.25) is 0 Å². The summed E-state index contributed by atoms with van der Waals surface area (Å²) in [5, 5.41) is 0. The van der Waals surface area contributed by atoms with Crippen molar-refractivity contribution in [1.29, 1.82) is 0 Å². The molecule has 1 aromatic carbocycles. The summed E-state index contributed by atoms with van der Waals surface area (Å²) in [6.07, 6.45) is 7.54. The quantitative estimate of drug-likeness (QED) is 0.548. The van der Waals surface area contributed by atoms with Gasteiger partial charge in [-0.15, -0.1) is 0 Å². The average Bonchev–Trinajstić information content (AvgIpc) is 3.26. The Morgan fingerprint density at radius 2 is 1.79 bits per heavy atom. The Labute approximate surface area is 201 Å². The molecule has 5 rings (SSSR count). The van der Waals surface area contributed by atoms with Gasteiger partial charge in [-0.05, 0) is 60.7 Å². The summed E-state index contributed by atoms with van der Waals surface area (Å²) in [5.74, 6) is 2.49. The second-order valence-electron chi connectivity index (χ2n) is 9.37. The zero-order valence-corrected chi connectivity index (χ0v) is 20.1. The minimum Gasteiger partial charge on any atom is -0.456 e. The zero-order chi connectivity index (χ0) is 23.5. The fourth-order valence-electron chi connectivity index (χ4n) is 4.78. The fraction of sp³-hybridized carbons (Fsp3) is 0.444. The lowest BCUT2D eigenvalue weighted by Crippen LogP contribution is -2.47. The van der Waals surface area contributed by atoms with Gasteiger partial charge in [0, 0.05) is 58.1 Å². The number of fused-ring (bicyclic) bond motifs is 1. The molecule has 0 saturated carbocycles. The monoisotopic (exact) mass is 459 g/mol. The first-order chi connectivity index (χ1) is 16.6. The third-order valence-corrected chi connectivity index (χ3v) is 7.01. The van der Waals surface area contributed by atoms with Crippen LogP contribution < -0.4 is 4.74 Å². The third kappa shape index (κ3) is 5.14. The number of rotatable bonds is 6. The van der Waals surface area contributed by atoms with Crippen LogP contribution >= 0.6 is 0 Å². The zero-order valence-electron chi connectivity index (χ0n) is 20.1. The van der Waals surface area contributed by atoms with Crippen LogP contribution in [0, 0.1) is 5.92 Å². The Hall–Kier alpha value is -3.19. The molecule has 1 atom stereocenters. The number of ether oxygens (including phenoxy) is 1. The van der Waals surface area contributed by atoms with Gasteiger partial charge in [0.2, 0.25) is 5.91 Å². The fourth-order valence-corrected chi connectivity index (χ4v) is 4.78. The predicted molar refractivity (Wildman–Crippen MR) is 134 cm³/mol. The Morgan fingerprint density at radius 1 is 1.03 bits per heavy atom. The van der Waals surface area contributed by atoms with Crippen LogP contribution in [0.1, 0.15) is 44.4 Å². The first kappa shape index (κ1) is 22.6. The summed E-state index contributed by atoms with van der Waals surface area (Å²) in [6, 6.07) is 12.2. The maximum absolute atomic E-state index is 11.5. The summed E-state index contributed by atoms with van der Waals surface area (Å²) < 4.78 is 8.14. The second-order valence-corrected chi connectivity index (χ2v) is 9.37. The van der Waals surface area contributed by atoms with Crippen molar-refractivity contribution < 1.29 is 9.53 Å². The molecule has 1 unspecified atom stereocenters. The minimum absolute atomic E-state index is 0.155. The van der Waals surface area contributed by atoms with Crippen molar-refractivity contribution in [3.63, 3.8) is 0 Å². The van der Waals surface area contributed by atoms with Gasteiger partial charge >= 0.3 is 0 Å². The number of amides is 1. The molecule has 3 aromatic rings. The van der Waals surface area contributed by atoms with Gasteiger partial charge in [0.05, 0.1) is 11.9 Å². The summed E-state index contributed by atoms with van der Waals surface area (Å²) >= 11 is 0. The Morgan fingerprint density at radius 3 is 2.47 bits per heavy atom. The summed E-state index contributed by atoms with van der Waals surface area (Å²) in [4.78, 5) is 25.3. The van der Waals surface area contributed by atoms with Gasteiger partial charge < -0.3 is 14.0 Å². The molecule has 0 spiro atoms. The van der Waals surface area contributed by atoms with Crippen molar-refractivity contribution in [3.8, 4) is 11.5 Å². The van der Waals surface area contributed by atoms with Crippen molar-refractivity contribution in [2.45, 2.75) is 39.7 Å². The predicted octanol–water partition coefficient (Wildman–Crippen LogP) is 4.40. The molecule has 1 amide bonds. The number of aliphatic imine (C=N–C) groups is 1. The van der Waals surface area contributed by atoms with Gasteiger partial charge in [-0.25, -0.2) is 4.98 Å². The molecule has 1 fully saturated rings. The van der Waals surface area contributed by atoms with Crippen LogP contribution in [0.4, 0.5) is 0 Å². The van der Waals surface area contributed by atoms with E-state index >= 15 is 0 Å². The van der Waals surface area contributed by atoms with Crippen molar-refractivity contribution in [2.75, 3.05) is 32.7 Å². The molecule has 1 saturated heterocycles. The highest BCUT2D eigenvalue weighted by Gasteiger charge is 2.19. The number of carbonyl (C=O) groups excluding carboxylic acids is 1. The number of pyridine rings is 1. The van der Waals surface area contributed by atoms with Crippen molar-refractivity contribution >= 4 is 17.3 Å². The van der Waals surface area contributed by atoms with E-state index in [4.69, 9.17) is 14.7 Å².